The zero-order valence-electron chi connectivity index (χ0n) is 14.5. The number of rotatable bonds is 3. The fourth-order valence-electron chi connectivity index (χ4n) is 3.00. The van der Waals surface area contributed by atoms with Crippen LogP contribution in [0.1, 0.15) is 11.3 Å². The number of nitrogens with zero attached hydrogens (tertiary/aromatic N) is 4. The van der Waals surface area contributed by atoms with Crippen LogP contribution in [0.25, 0.3) is 11.1 Å². The molecule has 1 fully saturated rings. The van der Waals surface area contributed by atoms with E-state index in [9.17, 15) is 4.79 Å². The fraction of sp³-hybridized carbons (Fsp3) is 0.389. The largest absolute Gasteiger partial charge is 0.497 e. The molecule has 1 aliphatic heterocycles. The Hall–Kier alpha value is -2.63. The molecule has 126 valence electrons. The molecule has 0 atom stereocenters. The van der Waals surface area contributed by atoms with E-state index in [4.69, 9.17) is 4.74 Å². The first kappa shape index (κ1) is 16.2. The van der Waals surface area contributed by atoms with Gasteiger partial charge in [0.15, 0.2) is 0 Å². The van der Waals surface area contributed by atoms with Crippen molar-refractivity contribution in [3.63, 3.8) is 0 Å². The first-order valence-electron chi connectivity index (χ1n) is 7.96. The number of carbonyl (C=O) groups excluding carboxylic acids is 1. The van der Waals surface area contributed by atoms with Gasteiger partial charge in [0.05, 0.1) is 19.3 Å². The van der Waals surface area contributed by atoms with Crippen molar-refractivity contribution in [3.05, 3.63) is 35.8 Å². The van der Waals surface area contributed by atoms with Gasteiger partial charge in [-0.1, -0.05) is 6.07 Å². The zero-order valence-corrected chi connectivity index (χ0v) is 14.5. The van der Waals surface area contributed by atoms with Crippen LogP contribution in [0.3, 0.4) is 0 Å². The predicted octanol–water partition coefficient (Wildman–Crippen LogP) is 2.05. The van der Waals surface area contributed by atoms with E-state index in [2.05, 4.69) is 9.97 Å². The quantitative estimate of drug-likeness (QED) is 0.864. The number of anilines is 1. The van der Waals surface area contributed by atoms with Crippen LogP contribution in [0, 0.1) is 13.8 Å². The van der Waals surface area contributed by atoms with Crippen molar-refractivity contribution < 1.29 is 9.53 Å². The predicted molar refractivity (Wildman–Crippen MR) is 93.3 cm³/mol. The van der Waals surface area contributed by atoms with Crippen LogP contribution < -0.4 is 9.64 Å². The molecule has 1 amide bonds. The standard InChI is InChI=1S/C18H22N4O2/c1-12-9-14(24-4)5-6-15(12)17-13(2)19-11-20-18(17)22-8-7-21(3)16(23)10-22/h5-6,9,11H,7-8,10H2,1-4H3. The molecule has 0 bridgehead atoms. The number of aryl methyl sites for hydroxylation is 2. The van der Waals surface area contributed by atoms with E-state index in [1.165, 1.54) is 0 Å². The maximum Gasteiger partial charge on any atom is 0.241 e. The van der Waals surface area contributed by atoms with Crippen LogP contribution in [-0.4, -0.2) is 54.6 Å². The molecular weight excluding hydrogens is 304 g/mol. The SMILES string of the molecule is COc1ccc(-c2c(C)ncnc2N2CCN(C)C(=O)C2)c(C)c1. The van der Waals surface area contributed by atoms with Gasteiger partial charge in [-0.3, -0.25) is 4.79 Å². The summed E-state index contributed by atoms with van der Waals surface area (Å²) in [6.45, 7) is 5.82. The molecule has 0 saturated carbocycles. The van der Waals surface area contributed by atoms with Crippen molar-refractivity contribution in [1.82, 2.24) is 14.9 Å². The number of methoxy groups -OCH3 is 1. The van der Waals surface area contributed by atoms with Gasteiger partial charge in [-0.2, -0.15) is 0 Å². The summed E-state index contributed by atoms with van der Waals surface area (Å²) in [6.07, 6.45) is 1.57. The van der Waals surface area contributed by atoms with E-state index in [1.54, 1.807) is 18.3 Å². The Balaban J connectivity index is 2.07. The molecule has 6 heteroatoms. The fourth-order valence-corrected chi connectivity index (χ4v) is 3.00. The van der Waals surface area contributed by atoms with Crippen LogP contribution >= 0.6 is 0 Å². The van der Waals surface area contributed by atoms with Crippen molar-refractivity contribution in [2.75, 3.05) is 38.7 Å². The Kier molecular flexibility index (Phi) is 4.38. The molecule has 1 aliphatic rings. The van der Waals surface area contributed by atoms with Crippen molar-refractivity contribution in [2.24, 2.45) is 0 Å². The maximum atomic E-state index is 12.1. The van der Waals surface area contributed by atoms with Crippen molar-refractivity contribution in [2.45, 2.75) is 13.8 Å². The lowest BCUT2D eigenvalue weighted by Gasteiger charge is -2.34. The normalized spacial score (nSPS) is 14.9. The van der Waals surface area contributed by atoms with Crippen molar-refractivity contribution in [3.8, 4) is 16.9 Å². The molecule has 1 aromatic heterocycles. The smallest absolute Gasteiger partial charge is 0.241 e. The van der Waals surface area contributed by atoms with E-state index in [0.29, 0.717) is 13.1 Å². The Morgan fingerprint density at radius 1 is 1.17 bits per heavy atom. The summed E-state index contributed by atoms with van der Waals surface area (Å²) in [5.74, 6) is 1.74. The highest BCUT2D eigenvalue weighted by Gasteiger charge is 2.25. The second-order valence-electron chi connectivity index (χ2n) is 6.08. The van der Waals surface area contributed by atoms with Gasteiger partial charge in [-0.15, -0.1) is 0 Å². The number of piperazine rings is 1. The Morgan fingerprint density at radius 3 is 2.62 bits per heavy atom. The summed E-state index contributed by atoms with van der Waals surface area (Å²) in [5, 5.41) is 0. The summed E-state index contributed by atoms with van der Waals surface area (Å²) < 4.78 is 5.30. The first-order chi connectivity index (χ1) is 11.5. The van der Waals surface area contributed by atoms with Gasteiger partial charge in [0.25, 0.3) is 0 Å². The molecule has 1 aromatic carbocycles. The van der Waals surface area contributed by atoms with Gasteiger partial charge in [0.1, 0.15) is 17.9 Å². The van der Waals surface area contributed by atoms with Crippen LogP contribution in [0.5, 0.6) is 5.75 Å². The lowest BCUT2D eigenvalue weighted by atomic mass is 9.99. The lowest BCUT2D eigenvalue weighted by Crippen LogP contribution is -2.49. The van der Waals surface area contributed by atoms with Gasteiger partial charge in [-0.25, -0.2) is 9.97 Å². The molecule has 0 unspecified atom stereocenters. The highest BCUT2D eigenvalue weighted by molar-refractivity contribution is 5.86. The number of amides is 1. The van der Waals surface area contributed by atoms with Crippen molar-refractivity contribution >= 4 is 11.7 Å². The molecule has 3 rings (SSSR count). The van der Waals surface area contributed by atoms with Crippen LogP contribution in [-0.2, 0) is 4.79 Å². The second kappa shape index (κ2) is 6.47. The minimum absolute atomic E-state index is 0.106. The number of carbonyl (C=O) groups is 1. The topological polar surface area (TPSA) is 58.6 Å². The monoisotopic (exact) mass is 326 g/mol. The van der Waals surface area contributed by atoms with Crippen LogP contribution in [0.4, 0.5) is 5.82 Å². The summed E-state index contributed by atoms with van der Waals surface area (Å²) >= 11 is 0. The summed E-state index contributed by atoms with van der Waals surface area (Å²) in [4.78, 5) is 24.7. The molecule has 2 heterocycles. The number of hydrogen-bond acceptors (Lipinski definition) is 5. The highest BCUT2D eigenvalue weighted by atomic mass is 16.5. The third-order valence-electron chi connectivity index (χ3n) is 4.48. The molecule has 6 nitrogen and oxygen atoms in total. The Labute approximate surface area is 142 Å². The third kappa shape index (κ3) is 2.91. The zero-order chi connectivity index (χ0) is 17.3. The van der Waals surface area contributed by atoms with Gasteiger partial charge in [0.2, 0.25) is 5.91 Å². The molecule has 1 saturated heterocycles. The second-order valence-corrected chi connectivity index (χ2v) is 6.08. The van der Waals surface area contributed by atoms with Gasteiger partial charge in [0, 0.05) is 25.7 Å². The van der Waals surface area contributed by atoms with E-state index in [0.717, 1.165) is 40.5 Å². The number of likely N-dealkylation sites (N-methyl/N-ethyl adjacent to an activating group) is 1. The average Bonchev–Trinajstić information content (AvgIpc) is 2.57. The molecule has 24 heavy (non-hydrogen) atoms. The van der Waals surface area contributed by atoms with E-state index >= 15 is 0 Å². The summed E-state index contributed by atoms with van der Waals surface area (Å²) in [6, 6.07) is 5.97. The lowest BCUT2D eigenvalue weighted by molar-refractivity contribution is -0.129. The molecule has 0 radical (unpaired) electrons. The number of aromatic nitrogens is 2. The van der Waals surface area contributed by atoms with E-state index in [-0.39, 0.29) is 5.91 Å². The van der Waals surface area contributed by atoms with Crippen molar-refractivity contribution in [1.29, 1.82) is 0 Å². The molecule has 0 N–H and O–H groups in total. The number of hydrogen-bond donors (Lipinski definition) is 0. The first-order valence-corrected chi connectivity index (χ1v) is 7.96. The maximum absolute atomic E-state index is 12.1. The van der Waals surface area contributed by atoms with E-state index < -0.39 is 0 Å². The highest BCUT2D eigenvalue weighted by Crippen LogP contribution is 2.35. The van der Waals surface area contributed by atoms with Gasteiger partial charge in [-0.05, 0) is 37.1 Å². The summed E-state index contributed by atoms with van der Waals surface area (Å²) in [7, 11) is 3.49. The van der Waals surface area contributed by atoms with Gasteiger partial charge < -0.3 is 14.5 Å². The molecule has 0 aliphatic carbocycles. The molecular formula is C18H22N4O2. The van der Waals surface area contributed by atoms with Gasteiger partial charge >= 0.3 is 0 Å². The average molecular weight is 326 g/mol. The van der Waals surface area contributed by atoms with Crippen LogP contribution in [0.2, 0.25) is 0 Å². The Bertz CT molecular complexity index is 776. The third-order valence-corrected chi connectivity index (χ3v) is 4.48. The minimum atomic E-state index is 0.106. The summed E-state index contributed by atoms with van der Waals surface area (Å²) in [5.41, 5.74) is 4.04. The minimum Gasteiger partial charge on any atom is -0.497 e. The number of ether oxygens (including phenoxy) is 1. The van der Waals surface area contributed by atoms with E-state index in [1.807, 2.05) is 44.0 Å². The van der Waals surface area contributed by atoms with Crippen LogP contribution in [0.15, 0.2) is 24.5 Å². The molecule has 2 aromatic rings. The molecule has 0 spiro atoms. The Morgan fingerprint density at radius 2 is 1.96 bits per heavy atom. The number of benzene rings is 1.